The SMILES string of the molecule is CC(C)NC1CCc2c(F)cccc21. The third-order valence-electron chi connectivity index (χ3n) is 2.75. The highest BCUT2D eigenvalue weighted by atomic mass is 19.1. The molecule has 0 saturated heterocycles. The van der Waals surface area contributed by atoms with Crippen LogP contribution < -0.4 is 5.32 Å². The van der Waals surface area contributed by atoms with E-state index in [-0.39, 0.29) is 5.82 Å². The van der Waals surface area contributed by atoms with E-state index in [9.17, 15) is 4.39 Å². The van der Waals surface area contributed by atoms with E-state index in [1.54, 1.807) is 12.1 Å². The first-order chi connectivity index (χ1) is 6.68. The topological polar surface area (TPSA) is 12.0 Å². The molecular weight excluding hydrogens is 177 g/mol. The van der Waals surface area contributed by atoms with Crippen LogP contribution in [-0.2, 0) is 6.42 Å². The Bertz CT molecular complexity index is 333. The second-order valence-corrected chi connectivity index (χ2v) is 4.22. The van der Waals surface area contributed by atoms with E-state index < -0.39 is 0 Å². The molecule has 0 aliphatic heterocycles. The van der Waals surface area contributed by atoms with Gasteiger partial charge in [0, 0.05) is 12.1 Å². The van der Waals surface area contributed by atoms with E-state index >= 15 is 0 Å². The lowest BCUT2D eigenvalue weighted by Gasteiger charge is -2.16. The first kappa shape index (κ1) is 9.66. The Balaban J connectivity index is 2.26. The molecule has 1 aliphatic rings. The molecule has 2 rings (SSSR count). The molecule has 1 aromatic carbocycles. The summed E-state index contributed by atoms with van der Waals surface area (Å²) < 4.78 is 13.4. The minimum Gasteiger partial charge on any atom is -0.308 e. The number of rotatable bonds is 2. The smallest absolute Gasteiger partial charge is 0.126 e. The molecule has 0 saturated carbocycles. The van der Waals surface area contributed by atoms with Crippen LogP contribution >= 0.6 is 0 Å². The summed E-state index contributed by atoms with van der Waals surface area (Å²) in [5.74, 6) is -0.0458. The summed E-state index contributed by atoms with van der Waals surface area (Å²) in [7, 11) is 0. The standard InChI is InChI=1S/C12H16FN/c1-8(2)14-12-7-6-9-10(12)4-3-5-11(9)13/h3-5,8,12,14H,6-7H2,1-2H3. The summed E-state index contributed by atoms with van der Waals surface area (Å²) in [6, 6.07) is 6.19. The predicted molar refractivity (Wildman–Crippen MR) is 55.7 cm³/mol. The molecule has 14 heavy (non-hydrogen) atoms. The van der Waals surface area contributed by atoms with Crippen molar-refractivity contribution in [1.82, 2.24) is 5.32 Å². The van der Waals surface area contributed by atoms with Gasteiger partial charge < -0.3 is 5.32 Å². The Morgan fingerprint density at radius 3 is 2.93 bits per heavy atom. The van der Waals surface area contributed by atoms with Gasteiger partial charge in [-0.3, -0.25) is 0 Å². The van der Waals surface area contributed by atoms with Crippen molar-refractivity contribution in [3.8, 4) is 0 Å². The monoisotopic (exact) mass is 193 g/mol. The number of halogens is 1. The van der Waals surface area contributed by atoms with Gasteiger partial charge >= 0.3 is 0 Å². The molecule has 0 aromatic heterocycles. The van der Waals surface area contributed by atoms with Crippen molar-refractivity contribution in [2.45, 2.75) is 38.8 Å². The van der Waals surface area contributed by atoms with Crippen LogP contribution in [0.4, 0.5) is 4.39 Å². The quantitative estimate of drug-likeness (QED) is 0.761. The van der Waals surface area contributed by atoms with E-state index in [1.807, 2.05) is 6.07 Å². The minimum absolute atomic E-state index is 0.0458. The Morgan fingerprint density at radius 1 is 1.43 bits per heavy atom. The maximum absolute atomic E-state index is 13.4. The van der Waals surface area contributed by atoms with Gasteiger partial charge in [-0.1, -0.05) is 26.0 Å². The largest absolute Gasteiger partial charge is 0.308 e. The molecule has 0 fully saturated rings. The zero-order valence-electron chi connectivity index (χ0n) is 8.68. The van der Waals surface area contributed by atoms with E-state index in [0.717, 1.165) is 24.0 Å². The summed E-state index contributed by atoms with van der Waals surface area (Å²) in [5.41, 5.74) is 2.06. The van der Waals surface area contributed by atoms with Gasteiger partial charge in [-0.25, -0.2) is 4.39 Å². The average molecular weight is 193 g/mol. The fourth-order valence-corrected chi connectivity index (χ4v) is 2.19. The van der Waals surface area contributed by atoms with Crippen LogP contribution in [0.25, 0.3) is 0 Å². The minimum atomic E-state index is -0.0458. The Kier molecular flexibility index (Phi) is 2.55. The molecule has 0 spiro atoms. The van der Waals surface area contributed by atoms with Crippen molar-refractivity contribution < 1.29 is 4.39 Å². The van der Waals surface area contributed by atoms with Gasteiger partial charge in [0.2, 0.25) is 0 Å². The summed E-state index contributed by atoms with van der Waals surface area (Å²) in [4.78, 5) is 0. The van der Waals surface area contributed by atoms with Gasteiger partial charge in [0.05, 0.1) is 0 Å². The van der Waals surface area contributed by atoms with Gasteiger partial charge in [-0.05, 0) is 30.0 Å². The number of hydrogen-bond acceptors (Lipinski definition) is 1. The second kappa shape index (κ2) is 3.70. The summed E-state index contributed by atoms with van der Waals surface area (Å²) >= 11 is 0. The lowest BCUT2D eigenvalue weighted by Crippen LogP contribution is -2.26. The molecule has 1 aliphatic carbocycles. The Labute approximate surface area is 84.3 Å². The highest BCUT2D eigenvalue weighted by Gasteiger charge is 2.24. The highest BCUT2D eigenvalue weighted by Crippen LogP contribution is 2.32. The summed E-state index contributed by atoms with van der Waals surface area (Å²) in [5, 5.41) is 3.46. The zero-order chi connectivity index (χ0) is 10.1. The van der Waals surface area contributed by atoms with Gasteiger partial charge in [0.1, 0.15) is 5.82 Å². The van der Waals surface area contributed by atoms with Crippen LogP contribution in [0.15, 0.2) is 18.2 Å². The summed E-state index contributed by atoms with van der Waals surface area (Å²) in [6.07, 6.45) is 1.89. The first-order valence-corrected chi connectivity index (χ1v) is 5.22. The molecular formula is C12H16FN. The number of fused-ring (bicyclic) bond motifs is 1. The lowest BCUT2D eigenvalue weighted by molar-refractivity contribution is 0.475. The molecule has 0 amide bonds. The molecule has 0 bridgehead atoms. The van der Waals surface area contributed by atoms with Crippen molar-refractivity contribution in [2.75, 3.05) is 0 Å². The Hall–Kier alpha value is -0.890. The number of hydrogen-bond donors (Lipinski definition) is 1. The molecule has 1 unspecified atom stereocenters. The van der Waals surface area contributed by atoms with E-state index in [0.29, 0.717) is 12.1 Å². The van der Waals surface area contributed by atoms with Crippen molar-refractivity contribution in [3.05, 3.63) is 35.1 Å². The molecule has 1 aromatic rings. The van der Waals surface area contributed by atoms with Crippen LogP contribution in [0.3, 0.4) is 0 Å². The van der Waals surface area contributed by atoms with Gasteiger partial charge in [0.25, 0.3) is 0 Å². The van der Waals surface area contributed by atoms with E-state index in [2.05, 4.69) is 19.2 Å². The van der Waals surface area contributed by atoms with E-state index in [1.165, 1.54) is 0 Å². The van der Waals surface area contributed by atoms with Gasteiger partial charge in [0.15, 0.2) is 0 Å². The van der Waals surface area contributed by atoms with Crippen molar-refractivity contribution in [2.24, 2.45) is 0 Å². The molecule has 1 N–H and O–H groups in total. The van der Waals surface area contributed by atoms with Crippen LogP contribution in [0.1, 0.15) is 37.4 Å². The van der Waals surface area contributed by atoms with Gasteiger partial charge in [-0.2, -0.15) is 0 Å². The summed E-state index contributed by atoms with van der Waals surface area (Å²) in [6.45, 7) is 4.24. The normalized spacial score (nSPS) is 20.1. The third-order valence-corrected chi connectivity index (χ3v) is 2.75. The van der Waals surface area contributed by atoms with Crippen molar-refractivity contribution in [3.63, 3.8) is 0 Å². The Morgan fingerprint density at radius 2 is 2.21 bits per heavy atom. The maximum atomic E-state index is 13.4. The number of nitrogens with one attached hydrogen (secondary N) is 1. The van der Waals surface area contributed by atoms with Crippen LogP contribution in [0.2, 0.25) is 0 Å². The van der Waals surface area contributed by atoms with Crippen LogP contribution in [-0.4, -0.2) is 6.04 Å². The molecule has 76 valence electrons. The molecule has 2 heteroatoms. The van der Waals surface area contributed by atoms with Crippen LogP contribution in [0.5, 0.6) is 0 Å². The molecule has 0 heterocycles. The van der Waals surface area contributed by atoms with Crippen LogP contribution in [0, 0.1) is 5.82 Å². The number of benzene rings is 1. The third kappa shape index (κ3) is 1.67. The highest BCUT2D eigenvalue weighted by molar-refractivity contribution is 5.35. The van der Waals surface area contributed by atoms with Gasteiger partial charge in [-0.15, -0.1) is 0 Å². The molecule has 0 radical (unpaired) electrons. The zero-order valence-corrected chi connectivity index (χ0v) is 8.68. The molecule has 1 atom stereocenters. The predicted octanol–water partition coefficient (Wildman–Crippen LogP) is 2.81. The fourth-order valence-electron chi connectivity index (χ4n) is 2.19. The average Bonchev–Trinajstić information content (AvgIpc) is 2.49. The molecule has 1 nitrogen and oxygen atoms in total. The van der Waals surface area contributed by atoms with Crippen molar-refractivity contribution >= 4 is 0 Å². The second-order valence-electron chi connectivity index (χ2n) is 4.22. The fraction of sp³-hybridized carbons (Fsp3) is 0.500. The van der Waals surface area contributed by atoms with E-state index in [4.69, 9.17) is 0 Å². The maximum Gasteiger partial charge on any atom is 0.126 e. The van der Waals surface area contributed by atoms with Crippen molar-refractivity contribution in [1.29, 1.82) is 0 Å². The lowest BCUT2D eigenvalue weighted by atomic mass is 10.1. The first-order valence-electron chi connectivity index (χ1n) is 5.22.